The van der Waals surface area contributed by atoms with Gasteiger partial charge in [-0.15, -0.1) is 0 Å². The summed E-state index contributed by atoms with van der Waals surface area (Å²) in [6.07, 6.45) is 2.44. The van der Waals surface area contributed by atoms with E-state index in [1.54, 1.807) is 18.1 Å². The van der Waals surface area contributed by atoms with Crippen molar-refractivity contribution < 1.29 is 14.3 Å². The predicted octanol–water partition coefficient (Wildman–Crippen LogP) is 0.786. The molecule has 1 rings (SSSR count). The lowest BCUT2D eigenvalue weighted by molar-refractivity contribution is -0.124. The molecular weight excluding hydrogens is 182 g/mol. The van der Waals surface area contributed by atoms with E-state index < -0.39 is 0 Å². The van der Waals surface area contributed by atoms with Crippen molar-refractivity contribution in [1.82, 2.24) is 4.90 Å². The first-order valence-electron chi connectivity index (χ1n) is 4.89. The fourth-order valence-electron chi connectivity index (χ4n) is 1.40. The van der Waals surface area contributed by atoms with E-state index in [9.17, 15) is 4.79 Å². The highest BCUT2D eigenvalue weighted by Gasteiger charge is 2.21. The van der Waals surface area contributed by atoms with Crippen molar-refractivity contribution in [1.29, 1.82) is 0 Å². The first kappa shape index (κ1) is 11.0. The lowest BCUT2D eigenvalue weighted by atomic mass is 10.4. The number of methoxy groups -OCH3 is 1. The fourth-order valence-corrected chi connectivity index (χ4v) is 1.40. The molecule has 0 aromatic heterocycles. The van der Waals surface area contributed by atoms with Crippen molar-refractivity contribution in [3.8, 4) is 0 Å². The molecule has 0 N–H and O–H groups in total. The molecule has 4 heteroatoms. The summed E-state index contributed by atoms with van der Waals surface area (Å²) in [6.45, 7) is 4.56. The molecule has 1 heterocycles. The van der Waals surface area contributed by atoms with Crippen LogP contribution in [0.1, 0.15) is 13.3 Å². The zero-order chi connectivity index (χ0) is 10.4. The molecule has 0 bridgehead atoms. The Labute approximate surface area is 84.5 Å². The van der Waals surface area contributed by atoms with Crippen LogP contribution in [0.5, 0.6) is 0 Å². The molecule has 0 unspecified atom stereocenters. The Morgan fingerprint density at radius 2 is 2.36 bits per heavy atom. The quantitative estimate of drug-likeness (QED) is 0.593. The Hall–Kier alpha value is -1.03. The Morgan fingerprint density at radius 3 is 3.00 bits per heavy atom. The van der Waals surface area contributed by atoms with Gasteiger partial charge in [0.25, 0.3) is 0 Å². The maximum absolute atomic E-state index is 11.4. The summed E-state index contributed by atoms with van der Waals surface area (Å²) in [4.78, 5) is 13.2. The third-order valence-corrected chi connectivity index (χ3v) is 2.05. The number of nitrogens with zero attached hydrogens (tertiary/aromatic N) is 1. The first-order valence-corrected chi connectivity index (χ1v) is 4.89. The standard InChI is InChI=1S/C10H17NO3/c1-3-14-9-7-10(12)11(8-9)5-4-6-13-2/h7H,3-6,8H2,1-2H3. The van der Waals surface area contributed by atoms with Gasteiger partial charge in [0.2, 0.25) is 5.91 Å². The van der Waals surface area contributed by atoms with Gasteiger partial charge in [0.05, 0.1) is 13.2 Å². The molecule has 0 atom stereocenters. The summed E-state index contributed by atoms with van der Waals surface area (Å²) in [5.74, 6) is 0.819. The van der Waals surface area contributed by atoms with E-state index >= 15 is 0 Å². The average Bonchev–Trinajstić information content (AvgIpc) is 2.48. The Morgan fingerprint density at radius 1 is 1.57 bits per heavy atom. The second kappa shape index (κ2) is 5.65. The average molecular weight is 199 g/mol. The van der Waals surface area contributed by atoms with E-state index in [1.165, 1.54) is 0 Å². The van der Waals surface area contributed by atoms with Gasteiger partial charge in [-0.2, -0.15) is 0 Å². The van der Waals surface area contributed by atoms with Crippen molar-refractivity contribution in [3.05, 3.63) is 11.8 Å². The minimum absolute atomic E-state index is 0.0459. The molecule has 80 valence electrons. The van der Waals surface area contributed by atoms with E-state index in [0.717, 1.165) is 18.7 Å². The van der Waals surface area contributed by atoms with Gasteiger partial charge in [0, 0.05) is 26.3 Å². The van der Waals surface area contributed by atoms with Crippen molar-refractivity contribution in [3.63, 3.8) is 0 Å². The number of hydrogen-bond acceptors (Lipinski definition) is 3. The van der Waals surface area contributed by atoms with Crippen LogP contribution in [-0.2, 0) is 14.3 Å². The normalized spacial score (nSPS) is 16.0. The maximum Gasteiger partial charge on any atom is 0.250 e. The lowest BCUT2D eigenvalue weighted by Gasteiger charge is -2.15. The van der Waals surface area contributed by atoms with Crippen LogP contribution in [-0.4, -0.2) is 44.2 Å². The number of rotatable bonds is 6. The summed E-state index contributed by atoms with van der Waals surface area (Å²) in [7, 11) is 1.66. The largest absolute Gasteiger partial charge is 0.496 e. The van der Waals surface area contributed by atoms with E-state index in [4.69, 9.17) is 9.47 Å². The molecule has 0 saturated heterocycles. The number of amides is 1. The maximum atomic E-state index is 11.4. The third kappa shape index (κ3) is 3.03. The third-order valence-electron chi connectivity index (χ3n) is 2.05. The highest BCUT2D eigenvalue weighted by Crippen LogP contribution is 2.11. The zero-order valence-electron chi connectivity index (χ0n) is 8.78. The van der Waals surface area contributed by atoms with Crippen molar-refractivity contribution >= 4 is 5.91 Å². The van der Waals surface area contributed by atoms with Gasteiger partial charge in [0.15, 0.2) is 0 Å². The minimum Gasteiger partial charge on any atom is -0.496 e. The SMILES string of the molecule is CCOC1=CC(=O)N(CCCOC)C1. The highest BCUT2D eigenvalue weighted by molar-refractivity contribution is 5.90. The van der Waals surface area contributed by atoms with E-state index in [0.29, 0.717) is 19.8 Å². The number of carbonyl (C=O) groups is 1. The van der Waals surface area contributed by atoms with Gasteiger partial charge >= 0.3 is 0 Å². The second-order valence-corrected chi connectivity index (χ2v) is 3.15. The van der Waals surface area contributed by atoms with Gasteiger partial charge in [-0.25, -0.2) is 0 Å². The lowest BCUT2D eigenvalue weighted by Crippen LogP contribution is -2.27. The molecule has 1 aliphatic heterocycles. The number of carbonyl (C=O) groups excluding carboxylic acids is 1. The molecule has 1 amide bonds. The summed E-state index contributed by atoms with van der Waals surface area (Å²) in [5.41, 5.74) is 0. The Balaban J connectivity index is 2.27. The fraction of sp³-hybridized carbons (Fsp3) is 0.700. The molecule has 0 fully saturated rings. The van der Waals surface area contributed by atoms with Crippen LogP contribution in [0.2, 0.25) is 0 Å². The van der Waals surface area contributed by atoms with Crippen LogP contribution in [0.25, 0.3) is 0 Å². The number of ether oxygens (including phenoxy) is 2. The summed E-state index contributed by atoms with van der Waals surface area (Å²) in [5, 5.41) is 0. The molecule has 0 aliphatic carbocycles. The van der Waals surface area contributed by atoms with Crippen molar-refractivity contribution in [2.75, 3.05) is 33.4 Å². The molecule has 4 nitrogen and oxygen atoms in total. The molecular formula is C10H17NO3. The molecule has 0 spiro atoms. The van der Waals surface area contributed by atoms with Crippen LogP contribution in [0.3, 0.4) is 0 Å². The van der Waals surface area contributed by atoms with Gasteiger partial charge in [0.1, 0.15) is 5.76 Å². The predicted molar refractivity (Wildman–Crippen MR) is 52.8 cm³/mol. The van der Waals surface area contributed by atoms with Crippen LogP contribution in [0.4, 0.5) is 0 Å². The van der Waals surface area contributed by atoms with Gasteiger partial charge in [-0.3, -0.25) is 4.79 Å². The van der Waals surface area contributed by atoms with Crippen LogP contribution in [0, 0.1) is 0 Å². The molecule has 0 saturated carbocycles. The number of hydrogen-bond donors (Lipinski definition) is 0. The highest BCUT2D eigenvalue weighted by atomic mass is 16.5. The molecule has 1 aliphatic rings. The molecule has 0 aromatic carbocycles. The smallest absolute Gasteiger partial charge is 0.250 e. The van der Waals surface area contributed by atoms with E-state index in [-0.39, 0.29) is 5.91 Å². The summed E-state index contributed by atoms with van der Waals surface area (Å²) in [6, 6.07) is 0. The second-order valence-electron chi connectivity index (χ2n) is 3.15. The molecule has 14 heavy (non-hydrogen) atoms. The van der Waals surface area contributed by atoms with Crippen LogP contribution in [0.15, 0.2) is 11.8 Å². The van der Waals surface area contributed by atoms with Gasteiger partial charge in [-0.05, 0) is 13.3 Å². The minimum atomic E-state index is 0.0459. The van der Waals surface area contributed by atoms with Crippen LogP contribution < -0.4 is 0 Å². The topological polar surface area (TPSA) is 38.8 Å². The monoisotopic (exact) mass is 199 g/mol. The van der Waals surface area contributed by atoms with Crippen LogP contribution >= 0.6 is 0 Å². The first-order chi connectivity index (χ1) is 6.77. The molecule has 0 aromatic rings. The Kier molecular flexibility index (Phi) is 4.46. The van der Waals surface area contributed by atoms with Gasteiger partial charge in [-0.1, -0.05) is 0 Å². The summed E-state index contributed by atoms with van der Waals surface area (Å²) < 4.78 is 10.2. The van der Waals surface area contributed by atoms with Crippen molar-refractivity contribution in [2.24, 2.45) is 0 Å². The summed E-state index contributed by atoms with van der Waals surface area (Å²) >= 11 is 0. The van der Waals surface area contributed by atoms with E-state index in [1.807, 2.05) is 6.92 Å². The van der Waals surface area contributed by atoms with Gasteiger partial charge < -0.3 is 14.4 Å². The van der Waals surface area contributed by atoms with E-state index in [2.05, 4.69) is 0 Å². The van der Waals surface area contributed by atoms with Crippen molar-refractivity contribution in [2.45, 2.75) is 13.3 Å². The molecule has 0 radical (unpaired) electrons. The Bertz CT molecular complexity index is 225. The zero-order valence-corrected chi connectivity index (χ0v) is 8.78.